The number of piperazine rings is 1. The highest BCUT2D eigenvalue weighted by molar-refractivity contribution is 7.88. The number of sulfonamides is 1. The molecule has 2 aromatic carbocycles. The number of anilines is 1. The van der Waals surface area contributed by atoms with E-state index < -0.39 is 16.1 Å². The molecule has 0 radical (unpaired) electrons. The number of hydrogen-bond acceptors (Lipinski definition) is 4. The van der Waals surface area contributed by atoms with E-state index in [4.69, 9.17) is 0 Å². The number of carbonyl (C=O) groups is 1. The number of nitrogens with zero attached hydrogens (tertiary/aromatic N) is 2. The van der Waals surface area contributed by atoms with Crippen LogP contribution in [0.25, 0.3) is 0 Å². The van der Waals surface area contributed by atoms with Gasteiger partial charge in [-0.25, -0.2) is 13.1 Å². The molecule has 1 atom stereocenters. The molecule has 0 spiro atoms. The molecule has 0 saturated carbocycles. The van der Waals surface area contributed by atoms with Crippen molar-refractivity contribution in [3.05, 3.63) is 66.2 Å². The molecule has 6 nitrogen and oxygen atoms in total. The Morgan fingerprint density at radius 1 is 0.963 bits per heavy atom. The second-order valence-electron chi connectivity index (χ2n) is 6.73. The van der Waals surface area contributed by atoms with Crippen molar-refractivity contribution < 1.29 is 13.2 Å². The van der Waals surface area contributed by atoms with Gasteiger partial charge in [0, 0.05) is 31.9 Å². The molecule has 0 unspecified atom stereocenters. The van der Waals surface area contributed by atoms with E-state index in [1.807, 2.05) is 24.3 Å². The van der Waals surface area contributed by atoms with Gasteiger partial charge < -0.3 is 9.80 Å². The number of hydrogen-bond donors (Lipinski definition) is 1. The van der Waals surface area contributed by atoms with Crippen molar-refractivity contribution in [1.82, 2.24) is 9.62 Å². The number of amides is 1. The lowest BCUT2D eigenvalue weighted by Crippen LogP contribution is -2.54. The second kappa shape index (κ2) is 8.54. The van der Waals surface area contributed by atoms with Gasteiger partial charge in [-0.2, -0.15) is 0 Å². The van der Waals surface area contributed by atoms with Crippen LogP contribution in [-0.4, -0.2) is 51.4 Å². The first-order chi connectivity index (χ1) is 12.9. The van der Waals surface area contributed by atoms with Crippen molar-refractivity contribution in [1.29, 1.82) is 0 Å². The minimum Gasteiger partial charge on any atom is -0.368 e. The van der Waals surface area contributed by atoms with Crippen molar-refractivity contribution in [3.63, 3.8) is 0 Å². The lowest BCUT2D eigenvalue weighted by atomic mass is 10.2. The average Bonchev–Trinajstić information content (AvgIpc) is 2.68. The molecule has 1 aliphatic heterocycles. The van der Waals surface area contributed by atoms with Gasteiger partial charge in [0.1, 0.15) is 0 Å². The first-order valence-electron chi connectivity index (χ1n) is 9.07. The summed E-state index contributed by atoms with van der Waals surface area (Å²) in [4.78, 5) is 16.6. The topological polar surface area (TPSA) is 69.7 Å². The zero-order valence-electron chi connectivity index (χ0n) is 15.4. The van der Waals surface area contributed by atoms with Crippen LogP contribution >= 0.6 is 0 Å². The van der Waals surface area contributed by atoms with Gasteiger partial charge in [0.15, 0.2) is 0 Å². The minimum atomic E-state index is -3.58. The van der Waals surface area contributed by atoms with E-state index in [-0.39, 0.29) is 11.7 Å². The molecule has 0 aromatic heterocycles. The molecule has 27 heavy (non-hydrogen) atoms. The van der Waals surface area contributed by atoms with E-state index in [0.717, 1.165) is 18.8 Å². The summed E-state index contributed by atoms with van der Waals surface area (Å²) >= 11 is 0. The quantitative estimate of drug-likeness (QED) is 0.821. The van der Waals surface area contributed by atoms with Gasteiger partial charge in [-0.15, -0.1) is 0 Å². The van der Waals surface area contributed by atoms with Gasteiger partial charge in [0.25, 0.3) is 0 Å². The molecular weight excluding hydrogens is 362 g/mol. The van der Waals surface area contributed by atoms with Gasteiger partial charge >= 0.3 is 0 Å². The van der Waals surface area contributed by atoms with Crippen LogP contribution in [0.15, 0.2) is 60.7 Å². The Bertz CT molecular complexity index is 849. The minimum absolute atomic E-state index is 0.132. The second-order valence-corrected chi connectivity index (χ2v) is 8.49. The average molecular weight is 388 g/mol. The summed E-state index contributed by atoms with van der Waals surface area (Å²) in [5.74, 6) is -0.313. The van der Waals surface area contributed by atoms with Crippen LogP contribution in [0.3, 0.4) is 0 Å². The summed E-state index contributed by atoms with van der Waals surface area (Å²) in [5, 5.41) is 0. The molecule has 1 heterocycles. The molecule has 1 amide bonds. The molecule has 1 fully saturated rings. The molecular formula is C20H25N3O3S. The third-order valence-corrected chi connectivity index (χ3v) is 6.07. The zero-order chi connectivity index (χ0) is 19.3. The van der Waals surface area contributed by atoms with Crippen molar-refractivity contribution in [2.24, 2.45) is 0 Å². The molecule has 2 aromatic rings. The largest absolute Gasteiger partial charge is 0.368 e. The summed E-state index contributed by atoms with van der Waals surface area (Å²) in [7, 11) is -3.58. The standard InChI is InChI=1S/C20H25N3O3S/c1-17(21-27(25,26)16-18-8-4-2-5-9-18)20(24)23-14-12-22(13-15-23)19-10-6-3-7-11-19/h2-11,17,21H,12-16H2,1H3/t17-/m0/s1. The van der Waals surface area contributed by atoms with Crippen LogP contribution in [0.4, 0.5) is 5.69 Å². The van der Waals surface area contributed by atoms with Gasteiger partial charge in [-0.3, -0.25) is 4.79 Å². The van der Waals surface area contributed by atoms with E-state index >= 15 is 0 Å². The van der Waals surface area contributed by atoms with Crippen LogP contribution in [0, 0.1) is 0 Å². The Labute approximate surface area is 160 Å². The maximum atomic E-state index is 12.7. The Morgan fingerprint density at radius 2 is 1.52 bits per heavy atom. The van der Waals surface area contributed by atoms with E-state index in [0.29, 0.717) is 18.7 Å². The van der Waals surface area contributed by atoms with E-state index in [1.165, 1.54) is 0 Å². The molecule has 144 valence electrons. The number of para-hydroxylation sites is 1. The Balaban J connectivity index is 1.53. The van der Waals surface area contributed by atoms with Gasteiger partial charge in [-0.1, -0.05) is 48.5 Å². The summed E-state index contributed by atoms with van der Waals surface area (Å²) in [6.07, 6.45) is 0. The fourth-order valence-electron chi connectivity index (χ4n) is 3.25. The Kier molecular flexibility index (Phi) is 6.13. The molecule has 1 aliphatic rings. The van der Waals surface area contributed by atoms with Gasteiger partial charge in [0.2, 0.25) is 15.9 Å². The smallest absolute Gasteiger partial charge is 0.240 e. The highest BCUT2D eigenvalue weighted by Crippen LogP contribution is 2.16. The lowest BCUT2D eigenvalue weighted by molar-refractivity contribution is -0.132. The monoisotopic (exact) mass is 387 g/mol. The van der Waals surface area contributed by atoms with Crippen molar-refractivity contribution >= 4 is 21.6 Å². The Hall–Kier alpha value is -2.38. The fourth-order valence-corrected chi connectivity index (χ4v) is 4.61. The van der Waals surface area contributed by atoms with E-state index in [2.05, 4.69) is 21.8 Å². The Morgan fingerprint density at radius 3 is 2.11 bits per heavy atom. The zero-order valence-corrected chi connectivity index (χ0v) is 16.2. The number of nitrogens with one attached hydrogen (secondary N) is 1. The van der Waals surface area contributed by atoms with Crippen LogP contribution in [-0.2, 0) is 20.6 Å². The first-order valence-corrected chi connectivity index (χ1v) is 10.7. The number of benzene rings is 2. The summed E-state index contributed by atoms with van der Waals surface area (Å²) in [5.41, 5.74) is 1.84. The maximum absolute atomic E-state index is 12.7. The van der Waals surface area contributed by atoms with E-state index in [9.17, 15) is 13.2 Å². The lowest BCUT2D eigenvalue weighted by Gasteiger charge is -2.37. The summed E-state index contributed by atoms with van der Waals surface area (Å²) < 4.78 is 27.2. The highest BCUT2D eigenvalue weighted by Gasteiger charge is 2.27. The molecule has 1 N–H and O–H groups in total. The molecule has 7 heteroatoms. The number of carbonyl (C=O) groups excluding carboxylic acids is 1. The predicted molar refractivity (Wildman–Crippen MR) is 107 cm³/mol. The van der Waals surface area contributed by atoms with Crippen LogP contribution < -0.4 is 9.62 Å². The first kappa shape index (κ1) is 19.4. The van der Waals surface area contributed by atoms with Gasteiger partial charge in [-0.05, 0) is 24.6 Å². The highest BCUT2D eigenvalue weighted by atomic mass is 32.2. The molecule has 0 bridgehead atoms. The number of rotatable bonds is 6. The fraction of sp³-hybridized carbons (Fsp3) is 0.350. The molecule has 3 rings (SSSR count). The molecule has 1 saturated heterocycles. The summed E-state index contributed by atoms with van der Waals surface area (Å²) in [6.45, 7) is 4.24. The van der Waals surface area contributed by atoms with Gasteiger partial charge in [0.05, 0.1) is 11.8 Å². The maximum Gasteiger partial charge on any atom is 0.240 e. The third-order valence-electron chi connectivity index (χ3n) is 4.64. The van der Waals surface area contributed by atoms with Crippen molar-refractivity contribution in [3.8, 4) is 0 Å². The van der Waals surface area contributed by atoms with E-state index in [1.54, 1.807) is 36.1 Å². The van der Waals surface area contributed by atoms with Crippen molar-refractivity contribution in [2.45, 2.75) is 18.7 Å². The third kappa shape index (κ3) is 5.30. The normalized spacial score (nSPS) is 16.2. The predicted octanol–water partition coefficient (Wildman–Crippen LogP) is 1.84. The molecule has 0 aliphatic carbocycles. The van der Waals surface area contributed by atoms with Crippen LogP contribution in [0.5, 0.6) is 0 Å². The SMILES string of the molecule is C[C@H](NS(=O)(=O)Cc1ccccc1)C(=O)N1CCN(c2ccccc2)CC1. The van der Waals surface area contributed by atoms with Crippen molar-refractivity contribution in [2.75, 3.05) is 31.1 Å². The summed E-state index contributed by atoms with van der Waals surface area (Å²) in [6, 6.07) is 18.3. The van der Waals surface area contributed by atoms with Crippen LogP contribution in [0.2, 0.25) is 0 Å². The van der Waals surface area contributed by atoms with Crippen LogP contribution in [0.1, 0.15) is 12.5 Å².